The molecule has 0 unspecified atom stereocenters. The van der Waals surface area contributed by atoms with Crippen molar-refractivity contribution in [3.8, 4) is 0 Å². The number of aryl methyl sites for hydroxylation is 2. The molecule has 3 rings (SSSR count). The van der Waals surface area contributed by atoms with Gasteiger partial charge in [-0.2, -0.15) is 5.10 Å². The Morgan fingerprint density at radius 3 is 3.00 bits per heavy atom. The van der Waals surface area contributed by atoms with Gasteiger partial charge in [-0.15, -0.1) is 11.3 Å². The van der Waals surface area contributed by atoms with Gasteiger partial charge in [0.1, 0.15) is 0 Å². The first-order chi connectivity index (χ1) is 10.1. The molecule has 5 heteroatoms. The molecule has 3 heterocycles. The molecule has 2 aromatic rings. The SMILES string of the molecule is Cc1cc(C)n([C@@H]2CCCN(C(=O)Cc3cccs3)C2)n1. The van der Waals surface area contributed by atoms with Crippen LogP contribution in [0.3, 0.4) is 0 Å². The highest BCUT2D eigenvalue weighted by molar-refractivity contribution is 7.10. The van der Waals surface area contributed by atoms with Gasteiger partial charge < -0.3 is 4.90 Å². The number of nitrogens with zero attached hydrogens (tertiary/aromatic N) is 3. The van der Waals surface area contributed by atoms with E-state index in [0.29, 0.717) is 12.5 Å². The molecule has 0 bridgehead atoms. The third-order valence-electron chi connectivity index (χ3n) is 4.05. The number of amides is 1. The minimum atomic E-state index is 0.240. The molecule has 1 saturated heterocycles. The summed E-state index contributed by atoms with van der Waals surface area (Å²) in [7, 11) is 0. The van der Waals surface area contributed by atoms with Crippen molar-refractivity contribution in [3.63, 3.8) is 0 Å². The fourth-order valence-electron chi connectivity index (χ4n) is 3.07. The number of hydrogen-bond donors (Lipinski definition) is 0. The van der Waals surface area contributed by atoms with Crippen molar-refractivity contribution in [1.29, 1.82) is 0 Å². The molecule has 1 aliphatic heterocycles. The van der Waals surface area contributed by atoms with Gasteiger partial charge in [0.05, 0.1) is 18.2 Å². The molecule has 1 fully saturated rings. The van der Waals surface area contributed by atoms with Gasteiger partial charge >= 0.3 is 0 Å². The molecule has 0 N–H and O–H groups in total. The highest BCUT2D eigenvalue weighted by Crippen LogP contribution is 2.23. The van der Waals surface area contributed by atoms with Crippen LogP contribution in [-0.4, -0.2) is 33.7 Å². The first kappa shape index (κ1) is 14.3. The Labute approximate surface area is 129 Å². The Hall–Kier alpha value is -1.62. The average molecular weight is 303 g/mol. The predicted molar refractivity (Wildman–Crippen MR) is 84.6 cm³/mol. The highest BCUT2D eigenvalue weighted by Gasteiger charge is 2.26. The van der Waals surface area contributed by atoms with Crippen molar-refractivity contribution in [2.45, 2.75) is 39.2 Å². The third kappa shape index (κ3) is 3.18. The summed E-state index contributed by atoms with van der Waals surface area (Å²) >= 11 is 1.65. The standard InChI is InChI=1S/C16H21N3OS/c1-12-9-13(2)19(17-12)14-5-3-7-18(11-14)16(20)10-15-6-4-8-21-15/h4,6,8-9,14H,3,5,7,10-11H2,1-2H3/t14-/m1/s1. The summed E-state index contributed by atoms with van der Waals surface area (Å²) in [4.78, 5) is 15.6. The van der Waals surface area contributed by atoms with Crippen LogP contribution in [0.4, 0.5) is 0 Å². The molecule has 1 atom stereocenters. The zero-order valence-corrected chi connectivity index (χ0v) is 13.4. The second-order valence-corrected chi connectivity index (χ2v) is 6.80. The molecule has 112 valence electrons. The van der Waals surface area contributed by atoms with Crippen molar-refractivity contribution in [2.75, 3.05) is 13.1 Å². The molecule has 21 heavy (non-hydrogen) atoms. The maximum atomic E-state index is 12.4. The van der Waals surface area contributed by atoms with E-state index in [1.165, 1.54) is 5.69 Å². The quantitative estimate of drug-likeness (QED) is 0.874. The number of aromatic nitrogens is 2. The van der Waals surface area contributed by atoms with Crippen LogP contribution in [0, 0.1) is 13.8 Å². The molecule has 1 amide bonds. The first-order valence-electron chi connectivity index (χ1n) is 7.46. The predicted octanol–water partition coefficient (Wildman–Crippen LogP) is 2.97. The lowest BCUT2D eigenvalue weighted by atomic mass is 10.1. The first-order valence-corrected chi connectivity index (χ1v) is 8.34. The minimum Gasteiger partial charge on any atom is -0.340 e. The molecule has 0 spiro atoms. The second-order valence-electron chi connectivity index (χ2n) is 5.76. The number of thiophene rings is 1. The zero-order chi connectivity index (χ0) is 14.8. The molecular formula is C16H21N3OS. The summed E-state index contributed by atoms with van der Waals surface area (Å²) in [6, 6.07) is 6.46. The van der Waals surface area contributed by atoms with Crippen molar-refractivity contribution in [1.82, 2.24) is 14.7 Å². The van der Waals surface area contributed by atoms with Crippen LogP contribution >= 0.6 is 11.3 Å². The van der Waals surface area contributed by atoms with Gasteiger partial charge in [0.2, 0.25) is 5.91 Å². The fraction of sp³-hybridized carbons (Fsp3) is 0.500. The van der Waals surface area contributed by atoms with Crippen LogP contribution in [0.15, 0.2) is 23.6 Å². The molecular weight excluding hydrogens is 282 g/mol. The van der Waals surface area contributed by atoms with Gasteiger partial charge in [0.25, 0.3) is 0 Å². The van der Waals surface area contributed by atoms with E-state index in [-0.39, 0.29) is 5.91 Å². The van der Waals surface area contributed by atoms with Gasteiger partial charge in [-0.25, -0.2) is 0 Å². The number of rotatable bonds is 3. The van der Waals surface area contributed by atoms with Crippen molar-refractivity contribution >= 4 is 17.2 Å². The lowest BCUT2D eigenvalue weighted by Gasteiger charge is -2.33. The van der Waals surface area contributed by atoms with E-state index in [9.17, 15) is 4.79 Å². The maximum Gasteiger partial charge on any atom is 0.227 e. The number of likely N-dealkylation sites (tertiary alicyclic amines) is 1. The van der Waals surface area contributed by atoms with Crippen LogP contribution in [0.5, 0.6) is 0 Å². The van der Waals surface area contributed by atoms with E-state index < -0.39 is 0 Å². The van der Waals surface area contributed by atoms with Gasteiger partial charge in [0, 0.05) is 23.7 Å². The Bertz CT molecular complexity index is 618. The van der Waals surface area contributed by atoms with Gasteiger partial charge in [-0.05, 0) is 44.2 Å². The Kier molecular flexibility index (Phi) is 4.10. The van der Waals surface area contributed by atoms with Crippen LogP contribution in [-0.2, 0) is 11.2 Å². The topological polar surface area (TPSA) is 38.1 Å². The van der Waals surface area contributed by atoms with E-state index in [4.69, 9.17) is 0 Å². The smallest absolute Gasteiger partial charge is 0.227 e. The Morgan fingerprint density at radius 2 is 2.33 bits per heavy atom. The summed E-state index contributed by atoms with van der Waals surface area (Å²) in [6.45, 7) is 5.77. The lowest BCUT2D eigenvalue weighted by molar-refractivity contribution is -0.132. The van der Waals surface area contributed by atoms with Gasteiger partial charge in [0.15, 0.2) is 0 Å². The summed E-state index contributed by atoms with van der Waals surface area (Å²) < 4.78 is 2.10. The normalized spacial score (nSPS) is 19.0. The van der Waals surface area contributed by atoms with Crippen molar-refractivity contribution in [2.24, 2.45) is 0 Å². The molecule has 2 aromatic heterocycles. The molecule has 1 aliphatic rings. The van der Waals surface area contributed by atoms with Crippen LogP contribution in [0.2, 0.25) is 0 Å². The van der Waals surface area contributed by atoms with Crippen molar-refractivity contribution < 1.29 is 4.79 Å². The number of carbonyl (C=O) groups excluding carboxylic acids is 1. The Balaban J connectivity index is 1.68. The number of carbonyl (C=O) groups is 1. The average Bonchev–Trinajstić information content (AvgIpc) is 3.08. The molecule has 0 radical (unpaired) electrons. The van der Waals surface area contributed by atoms with Crippen molar-refractivity contribution in [3.05, 3.63) is 39.8 Å². The van der Waals surface area contributed by atoms with Gasteiger partial charge in [-0.1, -0.05) is 6.07 Å². The van der Waals surface area contributed by atoms with Crippen LogP contribution < -0.4 is 0 Å². The molecule has 0 aliphatic carbocycles. The van der Waals surface area contributed by atoms with E-state index in [1.54, 1.807) is 11.3 Å². The van der Waals surface area contributed by atoms with Gasteiger partial charge in [-0.3, -0.25) is 9.48 Å². The minimum absolute atomic E-state index is 0.240. The van der Waals surface area contributed by atoms with Crippen LogP contribution in [0.1, 0.15) is 35.1 Å². The largest absolute Gasteiger partial charge is 0.340 e. The number of hydrogen-bond acceptors (Lipinski definition) is 3. The zero-order valence-electron chi connectivity index (χ0n) is 12.6. The van der Waals surface area contributed by atoms with E-state index in [1.807, 2.05) is 29.3 Å². The molecule has 0 saturated carbocycles. The Morgan fingerprint density at radius 1 is 1.48 bits per heavy atom. The molecule has 4 nitrogen and oxygen atoms in total. The van der Waals surface area contributed by atoms with E-state index in [0.717, 1.165) is 36.5 Å². The summed E-state index contributed by atoms with van der Waals surface area (Å²) in [5.41, 5.74) is 2.24. The lowest BCUT2D eigenvalue weighted by Crippen LogP contribution is -2.41. The summed E-state index contributed by atoms with van der Waals surface area (Å²) in [5, 5.41) is 6.61. The van der Waals surface area contributed by atoms with Crippen LogP contribution in [0.25, 0.3) is 0 Å². The maximum absolute atomic E-state index is 12.4. The third-order valence-corrected chi connectivity index (χ3v) is 4.92. The fourth-order valence-corrected chi connectivity index (χ4v) is 3.77. The monoisotopic (exact) mass is 303 g/mol. The highest BCUT2D eigenvalue weighted by atomic mass is 32.1. The van der Waals surface area contributed by atoms with E-state index in [2.05, 4.69) is 22.8 Å². The van der Waals surface area contributed by atoms with E-state index >= 15 is 0 Å². The summed E-state index contributed by atoms with van der Waals surface area (Å²) in [6.07, 6.45) is 2.69. The number of piperidine rings is 1. The summed E-state index contributed by atoms with van der Waals surface area (Å²) in [5.74, 6) is 0.240. The second kappa shape index (κ2) is 6.02. The molecule has 0 aromatic carbocycles.